The Labute approximate surface area is 234 Å². The lowest BCUT2D eigenvalue weighted by atomic mass is 10.1. The molecule has 0 atom stereocenters. The zero-order valence-corrected chi connectivity index (χ0v) is 23.3. The number of hydrogen-bond acceptors (Lipinski definition) is 6. The molecule has 39 heavy (non-hydrogen) atoms. The third kappa shape index (κ3) is 7.85. The highest BCUT2D eigenvalue weighted by Crippen LogP contribution is 2.25. The summed E-state index contributed by atoms with van der Waals surface area (Å²) in [7, 11) is 0. The molecule has 1 fully saturated rings. The Morgan fingerprint density at radius 2 is 1.79 bits per heavy atom. The molecule has 0 unspecified atom stereocenters. The molecule has 3 aromatic rings. The standard InChI is InChI=1S/C30H34ClN5O3/c1-30(2,3)39-29(38)36-17-15-35(16-18-36)14-4-13-33-28(37)22-8-5-21(6-9-22)7-12-25-26-19-24(31)11-10-23(26)20-34-27(25)32/h5-6,8-11,19-20H,4,13-18H2,1-3H3,(H2,32,34)(H,33,37). The lowest BCUT2D eigenvalue weighted by Crippen LogP contribution is -2.50. The smallest absolute Gasteiger partial charge is 0.410 e. The van der Waals surface area contributed by atoms with Crippen LogP contribution in [0.3, 0.4) is 0 Å². The van der Waals surface area contributed by atoms with E-state index >= 15 is 0 Å². The van der Waals surface area contributed by atoms with Gasteiger partial charge in [0, 0.05) is 65.8 Å². The van der Waals surface area contributed by atoms with E-state index in [2.05, 4.69) is 27.0 Å². The van der Waals surface area contributed by atoms with E-state index in [0.29, 0.717) is 41.6 Å². The van der Waals surface area contributed by atoms with Crippen LogP contribution in [-0.2, 0) is 4.74 Å². The third-order valence-corrected chi connectivity index (χ3v) is 6.56. The van der Waals surface area contributed by atoms with Gasteiger partial charge < -0.3 is 20.7 Å². The number of aromatic nitrogens is 1. The summed E-state index contributed by atoms with van der Waals surface area (Å²) in [6.07, 6.45) is 2.27. The Balaban J connectivity index is 1.23. The van der Waals surface area contributed by atoms with Crippen LogP contribution in [-0.4, -0.2) is 71.7 Å². The van der Waals surface area contributed by atoms with Crippen LogP contribution in [0.5, 0.6) is 0 Å². The highest BCUT2D eigenvalue weighted by Gasteiger charge is 2.25. The van der Waals surface area contributed by atoms with E-state index in [1.54, 1.807) is 29.3 Å². The van der Waals surface area contributed by atoms with Crippen molar-refractivity contribution in [1.29, 1.82) is 0 Å². The topological polar surface area (TPSA) is 101 Å². The first kappa shape index (κ1) is 28.2. The molecule has 2 heterocycles. The fourth-order valence-corrected chi connectivity index (χ4v) is 4.43. The van der Waals surface area contributed by atoms with Crippen molar-refractivity contribution in [3.8, 4) is 11.8 Å². The molecular formula is C30H34ClN5O3. The third-order valence-electron chi connectivity index (χ3n) is 6.32. The first-order valence-electron chi connectivity index (χ1n) is 13.0. The number of carbonyl (C=O) groups excluding carboxylic acids is 2. The van der Waals surface area contributed by atoms with Crippen LogP contribution in [0.25, 0.3) is 10.8 Å². The zero-order chi connectivity index (χ0) is 28.0. The van der Waals surface area contributed by atoms with Gasteiger partial charge in [0.2, 0.25) is 0 Å². The summed E-state index contributed by atoms with van der Waals surface area (Å²) >= 11 is 6.16. The molecule has 1 aromatic heterocycles. The van der Waals surface area contributed by atoms with E-state index in [1.807, 2.05) is 45.0 Å². The normalized spacial score (nSPS) is 14.0. The number of nitrogens with zero attached hydrogens (tertiary/aromatic N) is 3. The molecule has 2 aromatic carbocycles. The molecule has 4 rings (SSSR count). The molecule has 0 saturated carbocycles. The average molecular weight is 548 g/mol. The Morgan fingerprint density at radius 1 is 1.08 bits per heavy atom. The highest BCUT2D eigenvalue weighted by atomic mass is 35.5. The number of amides is 2. The minimum atomic E-state index is -0.487. The molecule has 204 valence electrons. The number of rotatable bonds is 5. The molecule has 1 saturated heterocycles. The molecule has 0 bridgehead atoms. The summed E-state index contributed by atoms with van der Waals surface area (Å²) in [5.41, 5.74) is 7.55. The molecule has 0 aliphatic carbocycles. The van der Waals surface area contributed by atoms with Gasteiger partial charge in [-0.15, -0.1) is 0 Å². The Kier molecular flexibility index (Phi) is 8.95. The van der Waals surface area contributed by atoms with E-state index in [-0.39, 0.29) is 12.0 Å². The quantitative estimate of drug-likeness (QED) is 0.359. The Morgan fingerprint density at radius 3 is 2.49 bits per heavy atom. The molecule has 9 heteroatoms. The number of pyridine rings is 1. The largest absolute Gasteiger partial charge is 0.444 e. The molecule has 8 nitrogen and oxygen atoms in total. The van der Waals surface area contributed by atoms with Gasteiger partial charge in [0.05, 0.1) is 5.56 Å². The highest BCUT2D eigenvalue weighted by molar-refractivity contribution is 6.31. The lowest BCUT2D eigenvalue weighted by molar-refractivity contribution is 0.0144. The number of fused-ring (bicyclic) bond motifs is 1. The summed E-state index contributed by atoms with van der Waals surface area (Å²) in [5.74, 6) is 6.44. The predicted octanol–water partition coefficient (Wildman–Crippen LogP) is 4.54. The molecule has 0 radical (unpaired) electrons. The van der Waals surface area contributed by atoms with Gasteiger partial charge in [0.15, 0.2) is 0 Å². The number of halogens is 1. The van der Waals surface area contributed by atoms with Gasteiger partial charge in [-0.3, -0.25) is 9.69 Å². The summed E-state index contributed by atoms with van der Waals surface area (Å²) in [4.78, 5) is 33.1. The Hall–Kier alpha value is -3.80. The fraction of sp³-hybridized carbons (Fsp3) is 0.367. The fourth-order valence-electron chi connectivity index (χ4n) is 4.26. The van der Waals surface area contributed by atoms with Gasteiger partial charge in [-0.25, -0.2) is 9.78 Å². The minimum Gasteiger partial charge on any atom is -0.444 e. The van der Waals surface area contributed by atoms with Crippen molar-refractivity contribution in [3.05, 3.63) is 70.4 Å². The van der Waals surface area contributed by atoms with Gasteiger partial charge in [-0.05, 0) is 70.1 Å². The number of benzene rings is 2. The van der Waals surface area contributed by atoms with Gasteiger partial charge in [0.1, 0.15) is 11.4 Å². The number of ether oxygens (including phenoxy) is 1. The van der Waals surface area contributed by atoms with E-state index in [9.17, 15) is 9.59 Å². The van der Waals surface area contributed by atoms with Crippen LogP contribution < -0.4 is 11.1 Å². The first-order valence-corrected chi connectivity index (χ1v) is 13.4. The average Bonchev–Trinajstić information content (AvgIpc) is 2.90. The SMILES string of the molecule is CC(C)(C)OC(=O)N1CCN(CCCNC(=O)c2ccc(C#Cc3c(N)ncc4ccc(Cl)cc34)cc2)CC1. The van der Waals surface area contributed by atoms with Crippen LogP contribution in [0.15, 0.2) is 48.7 Å². The number of carbonyl (C=O) groups is 2. The van der Waals surface area contributed by atoms with Crippen molar-refractivity contribution in [1.82, 2.24) is 20.1 Å². The number of nitrogens with two attached hydrogens (primary N) is 1. The van der Waals surface area contributed by atoms with Crippen molar-refractivity contribution < 1.29 is 14.3 Å². The van der Waals surface area contributed by atoms with Crippen LogP contribution in [0, 0.1) is 11.8 Å². The number of piperazine rings is 1. The number of hydrogen-bond donors (Lipinski definition) is 2. The number of anilines is 1. The van der Waals surface area contributed by atoms with Crippen LogP contribution in [0.2, 0.25) is 5.02 Å². The first-order chi connectivity index (χ1) is 18.6. The van der Waals surface area contributed by atoms with Crippen molar-refractivity contribution in [2.45, 2.75) is 32.8 Å². The molecule has 1 aliphatic rings. The minimum absolute atomic E-state index is 0.124. The second-order valence-corrected chi connectivity index (χ2v) is 10.9. The van der Waals surface area contributed by atoms with Crippen molar-refractivity contribution >= 4 is 40.2 Å². The van der Waals surface area contributed by atoms with Crippen molar-refractivity contribution in [3.63, 3.8) is 0 Å². The van der Waals surface area contributed by atoms with Crippen LogP contribution in [0.1, 0.15) is 48.7 Å². The van der Waals surface area contributed by atoms with Crippen molar-refractivity contribution in [2.75, 3.05) is 45.0 Å². The maximum Gasteiger partial charge on any atom is 0.410 e. The van der Waals surface area contributed by atoms with Gasteiger partial charge in [-0.2, -0.15) is 0 Å². The van der Waals surface area contributed by atoms with Gasteiger partial charge in [-0.1, -0.05) is 29.5 Å². The predicted molar refractivity (Wildman–Crippen MR) is 155 cm³/mol. The summed E-state index contributed by atoms with van der Waals surface area (Å²) in [6, 6.07) is 12.7. The molecular weight excluding hydrogens is 514 g/mol. The van der Waals surface area contributed by atoms with E-state index in [0.717, 1.165) is 42.4 Å². The number of nitrogen functional groups attached to an aromatic ring is 1. The van der Waals surface area contributed by atoms with Gasteiger partial charge in [0.25, 0.3) is 5.91 Å². The maximum atomic E-state index is 12.6. The molecule has 0 spiro atoms. The summed E-state index contributed by atoms with van der Waals surface area (Å²) in [5, 5.41) is 5.34. The summed E-state index contributed by atoms with van der Waals surface area (Å²) in [6.45, 7) is 9.93. The molecule has 3 N–H and O–H groups in total. The second-order valence-electron chi connectivity index (χ2n) is 10.5. The Bertz CT molecular complexity index is 1390. The van der Waals surface area contributed by atoms with Crippen LogP contribution >= 0.6 is 11.6 Å². The van der Waals surface area contributed by atoms with Crippen molar-refractivity contribution in [2.24, 2.45) is 0 Å². The van der Waals surface area contributed by atoms with E-state index in [4.69, 9.17) is 22.1 Å². The maximum absolute atomic E-state index is 12.6. The summed E-state index contributed by atoms with van der Waals surface area (Å²) < 4.78 is 5.45. The van der Waals surface area contributed by atoms with Crippen LogP contribution in [0.4, 0.5) is 10.6 Å². The lowest BCUT2D eigenvalue weighted by Gasteiger charge is -2.35. The van der Waals surface area contributed by atoms with E-state index < -0.39 is 5.60 Å². The molecule has 1 aliphatic heterocycles. The van der Waals surface area contributed by atoms with Gasteiger partial charge >= 0.3 is 6.09 Å². The monoisotopic (exact) mass is 547 g/mol. The second kappa shape index (κ2) is 12.4. The molecule has 2 amide bonds. The van der Waals surface area contributed by atoms with E-state index in [1.165, 1.54) is 0 Å². The zero-order valence-electron chi connectivity index (χ0n) is 22.6. The number of nitrogens with one attached hydrogen (secondary N) is 1.